The number of hydrogen-bond acceptors (Lipinski definition) is 5. The van der Waals surface area contributed by atoms with Gasteiger partial charge >= 0.3 is 0 Å². The maximum Gasteiger partial charge on any atom is 0.259 e. The minimum atomic E-state index is -3.66. The largest absolute Gasteiger partial charge is 0.496 e. The number of ether oxygens (including phenoxy) is 1. The van der Waals surface area contributed by atoms with E-state index in [4.69, 9.17) is 4.74 Å². The lowest BCUT2D eigenvalue weighted by Gasteiger charge is -2.26. The zero-order chi connectivity index (χ0) is 20.5. The molecule has 1 heterocycles. The number of likely N-dealkylation sites (N-methyl/N-ethyl adjacent to an activating group) is 1. The van der Waals surface area contributed by atoms with E-state index in [9.17, 15) is 13.2 Å². The Labute approximate surface area is 166 Å². The van der Waals surface area contributed by atoms with Crippen molar-refractivity contribution in [2.45, 2.75) is 17.9 Å². The van der Waals surface area contributed by atoms with Crippen LogP contribution in [0, 0.1) is 0 Å². The fourth-order valence-electron chi connectivity index (χ4n) is 3.29. The molecule has 0 radical (unpaired) electrons. The number of rotatable bonds is 5. The molecule has 0 bridgehead atoms. The standard InChI is InChI=1S/C20H25N3O4S/c1-22(2)28(25,26)15-8-9-19(27-4)17(12-15)20(24)21-18-7-5-6-14-13-23(3)11-10-16(14)18/h5-9,12H,10-11,13H2,1-4H3,(H,21,24). The molecule has 7 nitrogen and oxygen atoms in total. The first-order chi connectivity index (χ1) is 13.2. The highest BCUT2D eigenvalue weighted by atomic mass is 32.2. The number of carbonyl (C=O) groups excluding carboxylic acids is 1. The summed E-state index contributed by atoms with van der Waals surface area (Å²) < 4.78 is 31.3. The Kier molecular flexibility index (Phi) is 5.74. The van der Waals surface area contributed by atoms with Crippen LogP contribution in [0.15, 0.2) is 41.3 Å². The fourth-order valence-corrected chi connectivity index (χ4v) is 4.22. The van der Waals surface area contributed by atoms with E-state index >= 15 is 0 Å². The van der Waals surface area contributed by atoms with Crippen LogP contribution in [-0.2, 0) is 23.0 Å². The average molecular weight is 404 g/mol. The fraction of sp³-hybridized carbons (Fsp3) is 0.350. The Morgan fingerprint density at radius 3 is 2.64 bits per heavy atom. The topological polar surface area (TPSA) is 79.0 Å². The Bertz CT molecular complexity index is 1000. The number of fused-ring (bicyclic) bond motifs is 1. The van der Waals surface area contributed by atoms with Crippen LogP contribution in [0.3, 0.4) is 0 Å². The smallest absolute Gasteiger partial charge is 0.259 e. The quantitative estimate of drug-likeness (QED) is 0.828. The second-order valence-electron chi connectivity index (χ2n) is 7.03. The van der Waals surface area contributed by atoms with Crippen LogP contribution in [0.2, 0.25) is 0 Å². The van der Waals surface area contributed by atoms with Crippen molar-refractivity contribution in [3.8, 4) is 5.75 Å². The molecule has 8 heteroatoms. The van der Waals surface area contributed by atoms with E-state index < -0.39 is 15.9 Å². The van der Waals surface area contributed by atoms with Crippen molar-refractivity contribution in [3.63, 3.8) is 0 Å². The minimum absolute atomic E-state index is 0.0418. The maximum absolute atomic E-state index is 13.0. The Morgan fingerprint density at radius 2 is 1.96 bits per heavy atom. The molecule has 1 N–H and O–H groups in total. The third-order valence-corrected chi connectivity index (χ3v) is 6.71. The summed E-state index contributed by atoms with van der Waals surface area (Å²) in [5.74, 6) is -0.0836. The van der Waals surface area contributed by atoms with Gasteiger partial charge in [-0.1, -0.05) is 12.1 Å². The van der Waals surface area contributed by atoms with Gasteiger partial charge in [0.2, 0.25) is 10.0 Å². The van der Waals surface area contributed by atoms with Crippen LogP contribution in [0.1, 0.15) is 21.5 Å². The van der Waals surface area contributed by atoms with E-state index in [1.165, 1.54) is 45.0 Å². The van der Waals surface area contributed by atoms with Gasteiger partial charge in [-0.2, -0.15) is 0 Å². The van der Waals surface area contributed by atoms with E-state index in [0.29, 0.717) is 5.75 Å². The molecule has 2 aromatic carbocycles. The summed E-state index contributed by atoms with van der Waals surface area (Å²) in [6.45, 7) is 1.75. The van der Waals surface area contributed by atoms with E-state index in [-0.39, 0.29) is 10.5 Å². The molecule has 2 aromatic rings. The van der Waals surface area contributed by atoms with E-state index in [2.05, 4.69) is 23.3 Å². The van der Waals surface area contributed by atoms with Crippen molar-refractivity contribution in [1.29, 1.82) is 0 Å². The zero-order valence-corrected chi connectivity index (χ0v) is 17.3. The number of benzene rings is 2. The van der Waals surface area contributed by atoms with E-state index in [0.717, 1.165) is 35.1 Å². The van der Waals surface area contributed by atoms with E-state index in [1.54, 1.807) is 0 Å². The predicted molar refractivity (Wildman–Crippen MR) is 108 cm³/mol. The van der Waals surface area contributed by atoms with Gasteiger partial charge in [0.05, 0.1) is 17.6 Å². The van der Waals surface area contributed by atoms with Gasteiger partial charge in [0.15, 0.2) is 0 Å². The Balaban J connectivity index is 1.96. The monoisotopic (exact) mass is 403 g/mol. The third-order valence-electron chi connectivity index (χ3n) is 4.90. The van der Waals surface area contributed by atoms with Crippen LogP contribution >= 0.6 is 0 Å². The van der Waals surface area contributed by atoms with Gasteiger partial charge in [0.25, 0.3) is 5.91 Å². The van der Waals surface area contributed by atoms with Gasteiger partial charge in [0.1, 0.15) is 5.75 Å². The van der Waals surface area contributed by atoms with Crippen LogP contribution in [0.25, 0.3) is 0 Å². The van der Waals surface area contributed by atoms with Crippen LogP contribution in [0.4, 0.5) is 5.69 Å². The number of methoxy groups -OCH3 is 1. The zero-order valence-electron chi connectivity index (χ0n) is 16.5. The summed E-state index contributed by atoms with van der Waals surface area (Å²) in [5, 5.41) is 2.94. The van der Waals surface area contributed by atoms with Gasteiger partial charge < -0.3 is 15.0 Å². The molecular formula is C20H25N3O4S. The molecule has 28 heavy (non-hydrogen) atoms. The molecule has 1 amide bonds. The first-order valence-electron chi connectivity index (χ1n) is 8.95. The second-order valence-corrected chi connectivity index (χ2v) is 9.19. The van der Waals surface area contributed by atoms with Crippen molar-refractivity contribution in [3.05, 3.63) is 53.1 Å². The lowest BCUT2D eigenvalue weighted by molar-refractivity contribution is 0.102. The minimum Gasteiger partial charge on any atom is -0.496 e. The molecule has 0 aromatic heterocycles. The predicted octanol–water partition coefficient (Wildman–Crippen LogP) is 2.19. The van der Waals surface area contributed by atoms with Gasteiger partial charge in [-0.05, 0) is 48.9 Å². The molecule has 1 aliphatic heterocycles. The third kappa shape index (κ3) is 3.89. The molecule has 1 aliphatic rings. The van der Waals surface area contributed by atoms with Crippen LogP contribution in [0.5, 0.6) is 5.75 Å². The lowest BCUT2D eigenvalue weighted by atomic mass is 9.98. The average Bonchev–Trinajstić information content (AvgIpc) is 2.67. The number of anilines is 1. The Morgan fingerprint density at radius 1 is 1.21 bits per heavy atom. The summed E-state index contributed by atoms with van der Waals surface area (Å²) in [6, 6.07) is 10.1. The molecular weight excluding hydrogens is 378 g/mol. The molecule has 0 saturated carbocycles. The van der Waals surface area contributed by atoms with Crippen molar-refractivity contribution >= 4 is 21.6 Å². The van der Waals surface area contributed by atoms with Gasteiger partial charge in [-0.25, -0.2) is 12.7 Å². The number of nitrogens with zero attached hydrogens (tertiary/aromatic N) is 2. The Hall–Kier alpha value is -2.42. The molecule has 3 rings (SSSR count). The first-order valence-corrected chi connectivity index (χ1v) is 10.4. The summed E-state index contributed by atoms with van der Waals surface area (Å²) in [7, 11) is 2.76. The summed E-state index contributed by atoms with van der Waals surface area (Å²) in [4.78, 5) is 15.3. The van der Waals surface area contributed by atoms with Crippen LogP contribution in [-0.4, -0.2) is 58.3 Å². The number of nitrogens with one attached hydrogen (secondary N) is 1. The number of hydrogen-bond donors (Lipinski definition) is 1. The highest BCUT2D eigenvalue weighted by Gasteiger charge is 2.23. The molecule has 150 valence electrons. The summed E-state index contributed by atoms with van der Waals surface area (Å²) in [5.41, 5.74) is 3.22. The van der Waals surface area contributed by atoms with Gasteiger partial charge in [0, 0.05) is 32.9 Å². The number of amides is 1. The SMILES string of the molecule is COc1ccc(S(=O)(=O)N(C)C)cc1C(=O)Nc1cccc2c1CCN(C)C2. The van der Waals surface area contributed by atoms with Crippen molar-refractivity contribution in [2.75, 3.05) is 40.1 Å². The molecule has 0 spiro atoms. The van der Waals surface area contributed by atoms with Crippen LogP contribution < -0.4 is 10.1 Å². The van der Waals surface area contributed by atoms with E-state index in [1.807, 2.05) is 12.1 Å². The highest BCUT2D eigenvalue weighted by molar-refractivity contribution is 7.89. The first kappa shape index (κ1) is 20.3. The molecule has 0 atom stereocenters. The molecule has 0 fully saturated rings. The normalized spacial score (nSPS) is 14.6. The maximum atomic E-state index is 13.0. The molecule has 0 unspecified atom stereocenters. The van der Waals surface area contributed by atoms with Crippen molar-refractivity contribution in [1.82, 2.24) is 9.21 Å². The summed E-state index contributed by atoms with van der Waals surface area (Å²) >= 11 is 0. The lowest BCUT2D eigenvalue weighted by Crippen LogP contribution is -2.27. The highest BCUT2D eigenvalue weighted by Crippen LogP contribution is 2.28. The summed E-state index contributed by atoms with van der Waals surface area (Å²) in [6.07, 6.45) is 0.842. The van der Waals surface area contributed by atoms with Gasteiger partial charge in [-0.15, -0.1) is 0 Å². The number of sulfonamides is 1. The number of carbonyl (C=O) groups is 1. The molecule has 0 saturated heterocycles. The van der Waals surface area contributed by atoms with Crippen molar-refractivity contribution < 1.29 is 17.9 Å². The van der Waals surface area contributed by atoms with Gasteiger partial charge in [-0.3, -0.25) is 4.79 Å². The molecule has 0 aliphatic carbocycles. The van der Waals surface area contributed by atoms with Crippen molar-refractivity contribution in [2.24, 2.45) is 0 Å². The second kappa shape index (κ2) is 7.90.